The number of hydrogen-bond acceptors (Lipinski definition) is 5. The van der Waals surface area contributed by atoms with E-state index in [1.807, 2.05) is 0 Å². The number of nitrogens with zero attached hydrogens (tertiary/aromatic N) is 2. The lowest BCUT2D eigenvalue weighted by atomic mass is 10.3. The van der Waals surface area contributed by atoms with Crippen molar-refractivity contribution in [1.82, 2.24) is 15.5 Å². The van der Waals surface area contributed by atoms with E-state index in [0.29, 0.717) is 0 Å². The predicted molar refractivity (Wildman–Crippen MR) is 69.1 cm³/mol. The van der Waals surface area contributed by atoms with Crippen LogP contribution in [0, 0.1) is 5.82 Å². The van der Waals surface area contributed by atoms with E-state index in [0.717, 1.165) is 0 Å². The minimum atomic E-state index is -4.63. The number of nitrogens with one attached hydrogen (secondary N) is 1. The third-order valence-corrected chi connectivity index (χ3v) is 3.31. The Morgan fingerprint density at radius 2 is 2.00 bits per heavy atom. The fraction of sp³-hybridized carbons (Fsp3) is 0.250. The predicted octanol–water partition coefficient (Wildman–Crippen LogP) is 2.50. The number of rotatable bonds is 5. The molecule has 0 radical (unpaired) electrons. The lowest BCUT2D eigenvalue weighted by Crippen LogP contribution is -2.28. The SMILES string of the molecule is O=C(NCCOc1ccccc1F)c1nnc(C(F)(F)F)s1. The lowest BCUT2D eigenvalue weighted by molar-refractivity contribution is -0.138. The molecule has 2 aromatic rings. The molecular formula is C12H9F4N3O2S. The van der Waals surface area contributed by atoms with Gasteiger partial charge in [-0.2, -0.15) is 13.2 Å². The fourth-order valence-corrected chi connectivity index (χ4v) is 2.02. The van der Waals surface area contributed by atoms with Crippen LogP contribution in [-0.4, -0.2) is 29.3 Å². The van der Waals surface area contributed by atoms with Gasteiger partial charge < -0.3 is 10.1 Å². The Labute approximate surface area is 125 Å². The average Bonchev–Trinajstić information content (AvgIpc) is 2.95. The highest BCUT2D eigenvalue weighted by Crippen LogP contribution is 2.31. The first-order chi connectivity index (χ1) is 10.4. The van der Waals surface area contributed by atoms with E-state index >= 15 is 0 Å². The molecule has 2 rings (SSSR count). The summed E-state index contributed by atoms with van der Waals surface area (Å²) >= 11 is 0.145. The van der Waals surface area contributed by atoms with Crippen LogP contribution in [0.4, 0.5) is 17.6 Å². The molecule has 1 heterocycles. The van der Waals surface area contributed by atoms with Gasteiger partial charge in [-0.25, -0.2) is 4.39 Å². The number of hydrogen-bond donors (Lipinski definition) is 1. The first kappa shape index (κ1) is 16.1. The zero-order valence-corrected chi connectivity index (χ0v) is 11.7. The van der Waals surface area contributed by atoms with Crippen molar-refractivity contribution >= 4 is 17.2 Å². The van der Waals surface area contributed by atoms with Gasteiger partial charge in [-0.05, 0) is 12.1 Å². The van der Waals surface area contributed by atoms with Crippen LogP contribution in [-0.2, 0) is 6.18 Å². The molecule has 118 valence electrons. The topological polar surface area (TPSA) is 64.1 Å². The number of amides is 1. The van der Waals surface area contributed by atoms with Crippen molar-refractivity contribution in [2.75, 3.05) is 13.2 Å². The molecule has 1 amide bonds. The van der Waals surface area contributed by atoms with Crippen molar-refractivity contribution in [3.05, 3.63) is 40.1 Å². The summed E-state index contributed by atoms with van der Waals surface area (Å²) < 4.78 is 55.3. The summed E-state index contributed by atoms with van der Waals surface area (Å²) in [5.74, 6) is -1.33. The summed E-state index contributed by atoms with van der Waals surface area (Å²) in [6.45, 7) is -0.0638. The first-order valence-electron chi connectivity index (χ1n) is 5.94. The Bertz CT molecular complexity index is 660. The van der Waals surface area contributed by atoms with Gasteiger partial charge in [-0.3, -0.25) is 4.79 Å². The van der Waals surface area contributed by atoms with Gasteiger partial charge in [0.25, 0.3) is 5.91 Å². The van der Waals surface area contributed by atoms with Crippen LogP contribution in [0.1, 0.15) is 14.8 Å². The third-order valence-electron chi connectivity index (χ3n) is 2.34. The van der Waals surface area contributed by atoms with Gasteiger partial charge in [0.1, 0.15) is 6.61 Å². The molecule has 1 N–H and O–H groups in total. The van der Waals surface area contributed by atoms with E-state index < -0.39 is 27.9 Å². The van der Waals surface area contributed by atoms with Crippen molar-refractivity contribution in [1.29, 1.82) is 0 Å². The average molecular weight is 335 g/mol. The summed E-state index contributed by atoms with van der Waals surface area (Å²) in [6.07, 6.45) is -4.63. The Hall–Kier alpha value is -2.23. The molecular weight excluding hydrogens is 326 g/mol. The molecule has 22 heavy (non-hydrogen) atoms. The molecule has 5 nitrogen and oxygen atoms in total. The molecule has 0 aliphatic carbocycles. The third kappa shape index (κ3) is 4.13. The molecule has 0 saturated carbocycles. The van der Waals surface area contributed by atoms with Crippen LogP contribution < -0.4 is 10.1 Å². The van der Waals surface area contributed by atoms with E-state index in [9.17, 15) is 22.4 Å². The molecule has 1 aromatic heterocycles. The number of para-hydroxylation sites is 1. The van der Waals surface area contributed by atoms with Crippen LogP contribution in [0.2, 0.25) is 0 Å². The van der Waals surface area contributed by atoms with E-state index in [1.165, 1.54) is 18.2 Å². The van der Waals surface area contributed by atoms with Gasteiger partial charge in [0.2, 0.25) is 10.0 Å². The number of carbonyl (C=O) groups is 1. The minimum absolute atomic E-state index is 0.0197. The Kier molecular flexibility index (Phi) is 4.91. The molecule has 0 unspecified atom stereocenters. The number of alkyl halides is 3. The number of benzene rings is 1. The molecule has 10 heteroatoms. The van der Waals surface area contributed by atoms with E-state index in [1.54, 1.807) is 6.07 Å². The van der Waals surface area contributed by atoms with Gasteiger partial charge in [0.05, 0.1) is 6.54 Å². The Morgan fingerprint density at radius 3 is 2.64 bits per heavy atom. The van der Waals surface area contributed by atoms with Crippen molar-refractivity contribution in [3.8, 4) is 5.75 Å². The monoisotopic (exact) mass is 335 g/mol. The standard InChI is InChI=1S/C12H9F4N3O2S/c13-7-3-1-2-4-8(7)21-6-5-17-9(20)10-18-19-11(22-10)12(14,15)16/h1-4H,5-6H2,(H,17,20). The quantitative estimate of drug-likeness (QED) is 0.674. The fourth-order valence-electron chi connectivity index (χ4n) is 1.39. The van der Waals surface area contributed by atoms with E-state index in [4.69, 9.17) is 4.74 Å². The summed E-state index contributed by atoms with van der Waals surface area (Å²) in [5.41, 5.74) is 0. The molecule has 0 spiro atoms. The largest absolute Gasteiger partial charge is 0.489 e. The van der Waals surface area contributed by atoms with Crippen LogP contribution in [0.15, 0.2) is 24.3 Å². The smallest absolute Gasteiger partial charge is 0.445 e. The van der Waals surface area contributed by atoms with Gasteiger partial charge in [-0.1, -0.05) is 23.5 Å². The van der Waals surface area contributed by atoms with E-state index in [2.05, 4.69) is 15.5 Å². The van der Waals surface area contributed by atoms with Crippen molar-refractivity contribution < 1.29 is 27.1 Å². The lowest BCUT2D eigenvalue weighted by Gasteiger charge is -2.07. The summed E-state index contributed by atoms with van der Waals surface area (Å²) in [5, 5.41) is 6.78. The summed E-state index contributed by atoms with van der Waals surface area (Å²) in [7, 11) is 0. The molecule has 0 saturated heterocycles. The number of ether oxygens (including phenoxy) is 1. The van der Waals surface area contributed by atoms with Crippen LogP contribution in [0.3, 0.4) is 0 Å². The maximum Gasteiger partial charge on any atom is 0.445 e. The molecule has 0 atom stereocenters. The van der Waals surface area contributed by atoms with E-state index in [-0.39, 0.29) is 30.2 Å². The number of halogens is 4. The molecule has 1 aromatic carbocycles. The highest BCUT2D eigenvalue weighted by atomic mass is 32.1. The van der Waals surface area contributed by atoms with Crippen molar-refractivity contribution in [2.24, 2.45) is 0 Å². The molecule has 0 bridgehead atoms. The van der Waals surface area contributed by atoms with Crippen molar-refractivity contribution in [2.45, 2.75) is 6.18 Å². The second-order valence-electron chi connectivity index (χ2n) is 3.94. The maximum absolute atomic E-state index is 13.2. The zero-order chi connectivity index (χ0) is 16.2. The molecule has 0 fully saturated rings. The summed E-state index contributed by atoms with van der Waals surface area (Å²) in [4.78, 5) is 11.6. The Balaban J connectivity index is 1.81. The van der Waals surface area contributed by atoms with Gasteiger partial charge in [-0.15, -0.1) is 10.2 Å². The van der Waals surface area contributed by atoms with Crippen molar-refractivity contribution in [3.63, 3.8) is 0 Å². The first-order valence-corrected chi connectivity index (χ1v) is 6.76. The zero-order valence-electron chi connectivity index (χ0n) is 10.9. The van der Waals surface area contributed by atoms with Crippen LogP contribution in [0.5, 0.6) is 5.75 Å². The number of aromatic nitrogens is 2. The molecule has 0 aliphatic rings. The molecule has 0 aliphatic heterocycles. The highest BCUT2D eigenvalue weighted by Gasteiger charge is 2.36. The minimum Gasteiger partial charge on any atom is -0.489 e. The Morgan fingerprint density at radius 1 is 1.27 bits per heavy atom. The number of carbonyl (C=O) groups excluding carboxylic acids is 1. The highest BCUT2D eigenvalue weighted by molar-refractivity contribution is 7.13. The summed E-state index contributed by atoms with van der Waals surface area (Å²) in [6, 6.07) is 5.71. The van der Waals surface area contributed by atoms with Crippen LogP contribution in [0.25, 0.3) is 0 Å². The normalized spacial score (nSPS) is 11.3. The van der Waals surface area contributed by atoms with Gasteiger partial charge in [0, 0.05) is 0 Å². The second-order valence-corrected chi connectivity index (χ2v) is 4.92. The second kappa shape index (κ2) is 6.69. The van der Waals surface area contributed by atoms with Gasteiger partial charge >= 0.3 is 6.18 Å². The van der Waals surface area contributed by atoms with Crippen LogP contribution >= 0.6 is 11.3 Å². The van der Waals surface area contributed by atoms with Gasteiger partial charge in [0.15, 0.2) is 11.6 Å². The maximum atomic E-state index is 13.2.